The van der Waals surface area contributed by atoms with Crippen LogP contribution >= 0.6 is 11.9 Å². The Morgan fingerprint density at radius 2 is 2.00 bits per heavy atom. The first-order chi connectivity index (χ1) is 14.9. The van der Waals surface area contributed by atoms with Crippen molar-refractivity contribution < 1.29 is 4.79 Å². The normalized spacial score (nSPS) is 11.0. The van der Waals surface area contributed by atoms with Crippen molar-refractivity contribution >= 4 is 52.4 Å². The zero-order valence-corrected chi connectivity index (χ0v) is 18.8. The van der Waals surface area contributed by atoms with Crippen molar-refractivity contribution in [3.05, 3.63) is 42.0 Å². The molecule has 0 aliphatic carbocycles. The molecule has 0 bridgehead atoms. The first-order valence-corrected chi connectivity index (χ1v) is 10.8. The quantitative estimate of drug-likeness (QED) is 0.297. The van der Waals surface area contributed by atoms with Gasteiger partial charge in [-0.2, -0.15) is 0 Å². The highest BCUT2D eigenvalue weighted by Crippen LogP contribution is 2.36. The molecule has 0 saturated carbocycles. The molecule has 9 nitrogen and oxygen atoms in total. The van der Waals surface area contributed by atoms with Crippen LogP contribution in [0.4, 0.5) is 22.9 Å². The summed E-state index contributed by atoms with van der Waals surface area (Å²) in [6.45, 7) is 3.90. The van der Waals surface area contributed by atoms with Gasteiger partial charge in [0.05, 0.1) is 17.1 Å². The summed E-state index contributed by atoms with van der Waals surface area (Å²) in [5.74, 6) is 2.08. The van der Waals surface area contributed by atoms with Crippen molar-refractivity contribution in [2.75, 3.05) is 28.2 Å². The van der Waals surface area contributed by atoms with E-state index in [0.717, 1.165) is 45.5 Å². The molecule has 10 heteroatoms. The van der Waals surface area contributed by atoms with Crippen LogP contribution in [-0.4, -0.2) is 44.2 Å². The molecular weight excluding hydrogens is 412 g/mol. The maximum Gasteiger partial charge on any atom is 0.212 e. The number of nitrogens with one attached hydrogen (secondary N) is 3. The van der Waals surface area contributed by atoms with Crippen molar-refractivity contribution in [3.8, 4) is 11.4 Å². The molecule has 0 radical (unpaired) electrons. The van der Waals surface area contributed by atoms with Gasteiger partial charge in [-0.05, 0) is 32.0 Å². The van der Waals surface area contributed by atoms with Crippen LogP contribution in [0.25, 0.3) is 22.6 Å². The Hall–Kier alpha value is -3.53. The topological polar surface area (TPSA) is 104 Å². The van der Waals surface area contributed by atoms with Gasteiger partial charge in [0.15, 0.2) is 5.65 Å². The third-order valence-corrected chi connectivity index (χ3v) is 5.89. The SMILES string of the molecule is CSN(C)c1cc(-c2ncc(C)n2C)ccc1Nc1cc(NC=O)nc2nc(C)[nH]c12. The van der Waals surface area contributed by atoms with Crippen molar-refractivity contribution in [2.24, 2.45) is 7.05 Å². The van der Waals surface area contributed by atoms with E-state index in [0.29, 0.717) is 17.9 Å². The summed E-state index contributed by atoms with van der Waals surface area (Å²) in [6.07, 6.45) is 4.50. The Balaban J connectivity index is 1.81. The molecule has 4 rings (SSSR count). The summed E-state index contributed by atoms with van der Waals surface area (Å²) < 4.78 is 4.16. The second kappa shape index (κ2) is 8.31. The Morgan fingerprint density at radius 1 is 1.19 bits per heavy atom. The van der Waals surface area contributed by atoms with Crippen molar-refractivity contribution in [1.29, 1.82) is 0 Å². The van der Waals surface area contributed by atoms with E-state index in [1.165, 1.54) is 0 Å². The van der Waals surface area contributed by atoms with Crippen LogP contribution in [0.3, 0.4) is 0 Å². The first-order valence-electron chi connectivity index (χ1n) is 9.66. The molecule has 3 aromatic heterocycles. The minimum atomic E-state index is 0.427. The van der Waals surface area contributed by atoms with E-state index in [1.54, 1.807) is 18.0 Å². The average Bonchev–Trinajstić information content (AvgIpc) is 3.29. The number of benzene rings is 1. The predicted octanol–water partition coefficient (Wildman–Crippen LogP) is 4.00. The number of rotatable bonds is 7. The highest BCUT2D eigenvalue weighted by Gasteiger charge is 2.16. The number of carbonyl (C=O) groups excluding carboxylic acids is 1. The zero-order chi connectivity index (χ0) is 22.1. The van der Waals surface area contributed by atoms with Gasteiger partial charge in [-0.25, -0.2) is 15.0 Å². The number of aryl methyl sites for hydroxylation is 2. The largest absolute Gasteiger partial charge is 0.352 e. The Bertz CT molecular complexity index is 1260. The van der Waals surface area contributed by atoms with Gasteiger partial charge in [0.2, 0.25) is 6.41 Å². The van der Waals surface area contributed by atoms with Crippen LogP contribution in [0, 0.1) is 13.8 Å². The molecule has 0 atom stereocenters. The number of anilines is 4. The van der Waals surface area contributed by atoms with Crippen LogP contribution in [0.15, 0.2) is 30.5 Å². The maximum absolute atomic E-state index is 11.0. The number of carbonyl (C=O) groups is 1. The second-order valence-electron chi connectivity index (χ2n) is 7.16. The standard InChI is InChI=1S/C21H24N8OS/c1-12-10-22-21(28(12)3)14-6-7-15(17(8-14)29(4)31-5)26-16-9-18(23-11-30)27-20-19(16)24-13(2)25-20/h6-11H,1-5H3,(H3,23,24,25,26,27,30). The first kappa shape index (κ1) is 20.7. The van der Waals surface area contributed by atoms with E-state index in [-0.39, 0.29) is 0 Å². The fraction of sp³-hybridized carbons (Fsp3) is 0.238. The molecule has 1 aromatic carbocycles. The molecule has 0 unspecified atom stereocenters. The number of hydrogen-bond acceptors (Lipinski definition) is 7. The second-order valence-corrected chi connectivity index (χ2v) is 8.07. The number of imidazole rings is 2. The zero-order valence-electron chi connectivity index (χ0n) is 18.0. The van der Waals surface area contributed by atoms with Gasteiger partial charge in [-0.15, -0.1) is 0 Å². The molecule has 3 heterocycles. The number of H-pyrrole nitrogens is 1. The van der Waals surface area contributed by atoms with Gasteiger partial charge in [0.25, 0.3) is 0 Å². The number of pyridine rings is 1. The molecule has 4 aromatic rings. The Kier molecular flexibility index (Phi) is 5.55. The van der Waals surface area contributed by atoms with E-state index in [9.17, 15) is 4.79 Å². The van der Waals surface area contributed by atoms with Crippen LogP contribution in [0.5, 0.6) is 0 Å². The lowest BCUT2D eigenvalue weighted by Gasteiger charge is -2.21. The molecule has 31 heavy (non-hydrogen) atoms. The van der Waals surface area contributed by atoms with Crippen LogP contribution in [0.1, 0.15) is 11.5 Å². The molecule has 0 saturated heterocycles. The predicted molar refractivity (Wildman–Crippen MR) is 127 cm³/mol. The van der Waals surface area contributed by atoms with E-state index in [2.05, 4.69) is 45.5 Å². The van der Waals surface area contributed by atoms with Crippen LogP contribution < -0.4 is 14.9 Å². The van der Waals surface area contributed by atoms with Gasteiger partial charge in [0.1, 0.15) is 23.0 Å². The number of aromatic amines is 1. The summed E-state index contributed by atoms with van der Waals surface area (Å²) in [7, 11) is 4.03. The van der Waals surface area contributed by atoms with Crippen molar-refractivity contribution in [3.63, 3.8) is 0 Å². The highest BCUT2D eigenvalue weighted by molar-refractivity contribution is 7.99. The number of hydrogen-bond donors (Lipinski definition) is 3. The van der Waals surface area contributed by atoms with Crippen LogP contribution in [0.2, 0.25) is 0 Å². The Morgan fingerprint density at radius 3 is 2.68 bits per heavy atom. The van der Waals surface area contributed by atoms with Crippen molar-refractivity contribution in [2.45, 2.75) is 13.8 Å². The number of fused-ring (bicyclic) bond motifs is 1. The average molecular weight is 437 g/mol. The van der Waals surface area contributed by atoms with Gasteiger partial charge in [-0.3, -0.25) is 4.79 Å². The number of nitrogens with zero attached hydrogens (tertiary/aromatic N) is 5. The molecule has 3 N–H and O–H groups in total. The maximum atomic E-state index is 11.0. The lowest BCUT2D eigenvalue weighted by Crippen LogP contribution is -2.09. The molecule has 1 amide bonds. The minimum absolute atomic E-state index is 0.427. The summed E-state index contributed by atoms with van der Waals surface area (Å²) in [6, 6.07) is 7.97. The lowest BCUT2D eigenvalue weighted by atomic mass is 10.1. The van der Waals surface area contributed by atoms with Crippen molar-refractivity contribution in [1.82, 2.24) is 24.5 Å². The molecule has 0 fully saturated rings. The van der Waals surface area contributed by atoms with E-state index < -0.39 is 0 Å². The highest BCUT2D eigenvalue weighted by atomic mass is 32.2. The summed E-state index contributed by atoms with van der Waals surface area (Å²) >= 11 is 1.61. The monoisotopic (exact) mass is 436 g/mol. The fourth-order valence-corrected chi connectivity index (χ4v) is 3.73. The van der Waals surface area contributed by atoms with Gasteiger partial charge >= 0.3 is 0 Å². The molecule has 0 spiro atoms. The summed E-state index contributed by atoms with van der Waals surface area (Å²) in [4.78, 5) is 27.5. The van der Waals surface area contributed by atoms with Gasteiger partial charge < -0.3 is 24.5 Å². The van der Waals surface area contributed by atoms with E-state index in [4.69, 9.17) is 0 Å². The van der Waals surface area contributed by atoms with E-state index >= 15 is 0 Å². The minimum Gasteiger partial charge on any atom is -0.352 e. The molecule has 0 aliphatic heterocycles. The van der Waals surface area contributed by atoms with Crippen LogP contribution in [-0.2, 0) is 11.8 Å². The van der Waals surface area contributed by atoms with Gasteiger partial charge in [0, 0.05) is 43.9 Å². The lowest BCUT2D eigenvalue weighted by molar-refractivity contribution is -0.105. The number of amides is 1. The summed E-state index contributed by atoms with van der Waals surface area (Å²) in [5, 5.41) is 6.10. The molecule has 160 valence electrons. The third-order valence-electron chi connectivity index (χ3n) is 5.15. The molecular formula is C21H24N8OS. The third kappa shape index (κ3) is 3.93. The fourth-order valence-electron chi connectivity index (χ4n) is 3.38. The Labute approximate surface area is 184 Å². The summed E-state index contributed by atoms with van der Waals surface area (Å²) in [5.41, 5.74) is 6.10. The number of aromatic nitrogens is 5. The van der Waals surface area contributed by atoms with E-state index in [1.807, 2.05) is 52.5 Å². The smallest absolute Gasteiger partial charge is 0.212 e. The van der Waals surface area contributed by atoms with Gasteiger partial charge in [-0.1, -0.05) is 11.9 Å². The molecule has 0 aliphatic rings.